The number of likely N-dealkylation sites (tertiary alicyclic amines) is 1. The molecule has 4 nitrogen and oxygen atoms in total. The third-order valence-corrected chi connectivity index (χ3v) is 4.25. The van der Waals surface area contributed by atoms with Crippen molar-refractivity contribution < 1.29 is 4.79 Å². The molecule has 1 fully saturated rings. The molecule has 0 spiro atoms. The van der Waals surface area contributed by atoms with Crippen LogP contribution in [0.1, 0.15) is 36.2 Å². The summed E-state index contributed by atoms with van der Waals surface area (Å²) in [4.78, 5) is 14.6. The minimum atomic E-state index is 0.0253. The van der Waals surface area contributed by atoms with Crippen LogP contribution in [-0.2, 0) is 6.42 Å². The normalized spacial score (nSPS) is 19.1. The van der Waals surface area contributed by atoms with Crippen molar-refractivity contribution in [1.29, 1.82) is 0 Å². The summed E-state index contributed by atoms with van der Waals surface area (Å²) >= 11 is 0. The molecular weight excluding hydrogens is 262 g/mol. The van der Waals surface area contributed by atoms with Gasteiger partial charge in [-0.2, -0.15) is 0 Å². The van der Waals surface area contributed by atoms with Crippen molar-refractivity contribution in [3.8, 4) is 0 Å². The monoisotopic (exact) mass is 289 g/mol. The van der Waals surface area contributed by atoms with Gasteiger partial charge in [-0.1, -0.05) is 12.1 Å². The van der Waals surface area contributed by atoms with E-state index < -0.39 is 0 Å². The van der Waals surface area contributed by atoms with Crippen molar-refractivity contribution in [3.63, 3.8) is 0 Å². The van der Waals surface area contributed by atoms with Crippen LogP contribution in [-0.4, -0.2) is 43.0 Å². The van der Waals surface area contributed by atoms with E-state index in [1.54, 1.807) is 0 Å². The third kappa shape index (κ3) is 4.55. The standard InChI is InChI=1S/C17H27N3O/c1-13(2)20-10-8-15(12-20)11-19-17(21)16-5-3-14(4-6-16)7-9-18/h3-6,13,15H,7-12,18H2,1-2H3,(H,19,21). The predicted molar refractivity (Wildman–Crippen MR) is 86.3 cm³/mol. The number of rotatable bonds is 6. The van der Waals surface area contributed by atoms with Crippen molar-refractivity contribution in [2.75, 3.05) is 26.2 Å². The van der Waals surface area contributed by atoms with Gasteiger partial charge in [0.1, 0.15) is 0 Å². The first kappa shape index (κ1) is 16.0. The van der Waals surface area contributed by atoms with Crippen LogP contribution < -0.4 is 11.1 Å². The van der Waals surface area contributed by atoms with E-state index in [1.807, 2.05) is 24.3 Å². The fraction of sp³-hybridized carbons (Fsp3) is 0.588. The molecule has 1 aromatic rings. The smallest absolute Gasteiger partial charge is 0.251 e. The summed E-state index contributed by atoms with van der Waals surface area (Å²) in [5.74, 6) is 0.602. The molecule has 1 aromatic carbocycles. The highest BCUT2D eigenvalue weighted by Crippen LogP contribution is 2.17. The summed E-state index contributed by atoms with van der Waals surface area (Å²) in [7, 11) is 0. The van der Waals surface area contributed by atoms with Gasteiger partial charge in [0.2, 0.25) is 0 Å². The zero-order valence-electron chi connectivity index (χ0n) is 13.1. The Bertz CT molecular complexity index is 456. The molecule has 1 saturated heterocycles. The highest BCUT2D eigenvalue weighted by atomic mass is 16.1. The molecule has 1 aliphatic heterocycles. The number of benzene rings is 1. The van der Waals surface area contributed by atoms with Crippen molar-refractivity contribution in [2.24, 2.45) is 11.7 Å². The van der Waals surface area contributed by atoms with E-state index in [0.717, 1.165) is 31.6 Å². The van der Waals surface area contributed by atoms with Crippen molar-refractivity contribution >= 4 is 5.91 Å². The largest absolute Gasteiger partial charge is 0.352 e. The van der Waals surface area contributed by atoms with Gasteiger partial charge in [-0.25, -0.2) is 0 Å². The maximum absolute atomic E-state index is 12.1. The molecule has 4 heteroatoms. The second-order valence-electron chi connectivity index (χ2n) is 6.19. The van der Waals surface area contributed by atoms with Crippen molar-refractivity contribution in [2.45, 2.75) is 32.7 Å². The molecule has 1 unspecified atom stereocenters. The van der Waals surface area contributed by atoms with E-state index >= 15 is 0 Å². The second-order valence-corrected chi connectivity index (χ2v) is 6.19. The Balaban J connectivity index is 1.79. The predicted octanol–water partition coefficient (Wildman–Crippen LogP) is 1.65. The van der Waals surface area contributed by atoms with E-state index in [-0.39, 0.29) is 5.91 Å². The zero-order chi connectivity index (χ0) is 15.2. The molecule has 0 aliphatic carbocycles. The first-order chi connectivity index (χ1) is 10.1. The summed E-state index contributed by atoms with van der Waals surface area (Å²) in [6.07, 6.45) is 2.03. The molecule has 0 aromatic heterocycles. The van der Waals surface area contributed by atoms with Crippen LogP contribution in [0.2, 0.25) is 0 Å². The fourth-order valence-corrected chi connectivity index (χ4v) is 2.83. The molecule has 116 valence electrons. The molecule has 1 aliphatic rings. The van der Waals surface area contributed by atoms with Crippen molar-refractivity contribution in [3.05, 3.63) is 35.4 Å². The summed E-state index contributed by atoms with van der Waals surface area (Å²) in [5, 5.41) is 3.06. The SMILES string of the molecule is CC(C)N1CCC(CNC(=O)c2ccc(CCN)cc2)C1. The number of carbonyl (C=O) groups excluding carboxylic acids is 1. The van der Waals surface area contributed by atoms with Gasteiger partial charge >= 0.3 is 0 Å². The lowest BCUT2D eigenvalue weighted by atomic mass is 10.1. The van der Waals surface area contributed by atoms with Gasteiger partial charge in [-0.3, -0.25) is 4.79 Å². The quantitative estimate of drug-likeness (QED) is 0.837. The maximum atomic E-state index is 12.1. The van der Waals surface area contributed by atoms with Crippen molar-refractivity contribution in [1.82, 2.24) is 10.2 Å². The Labute approximate surface area is 127 Å². The van der Waals surface area contributed by atoms with E-state index in [1.165, 1.54) is 12.0 Å². The van der Waals surface area contributed by atoms with Gasteiger partial charge in [-0.05, 0) is 63.4 Å². The minimum absolute atomic E-state index is 0.0253. The molecule has 0 bridgehead atoms. The molecule has 1 amide bonds. The van der Waals surface area contributed by atoms with Crippen LogP contribution in [0, 0.1) is 5.92 Å². The molecule has 1 atom stereocenters. The molecule has 3 N–H and O–H groups in total. The summed E-state index contributed by atoms with van der Waals surface area (Å²) in [5.41, 5.74) is 7.43. The molecule has 2 rings (SSSR count). The van der Waals surface area contributed by atoms with Gasteiger partial charge in [0.15, 0.2) is 0 Å². The van der Waals surface area contributed by atoms with Crippen LogP contribution in [0.25, 0.3) is 0 Å². The Hall–Kier alpha value is -1.39. The number of amides is 1. The van der Waals surface area contributed by atoms with E-state index in [2.05, 4.69) is 24.1 Å². The van der Waals surface area contributed by atoms with Gasteiger partial charge in [-0.15, -0.1) is 0 Å². The van der Waals surface area contributed by atoms with Gasteiger partial charge in [0.05, 0.1) is 0 Å². The van der Waals surface area contributed by atoms with E-state index in [0.29, 0.717) is 18.5 Å². The average Bonchev–Trinajstić information content (AvgIpc) is 2.95. The molecule has 21 heavy (non-hydrogen) atoms. The number of nitrogens with one attached hydrogen (secondary N) is 1. The average molecular weight is 289 g/mol. The lowest BCUT2D eigenvalue weighted by Gasteiger charge is -2.20. The fourth-order valence-electron chi connectivity index (χ4n) is 2.83. The lowest BCUT2D eigenvalue weighted by molar-refractivity contribution is 0.0947. The Kier molecular flexibility index (Phi) is 5.76. The van der Waals surface area contributed by atoms with Crippen LogP contribution in [0.3, 0.4) is 0 Å². The maximum Gasteiger partial charge on any atom is 0.251 e. The van der Waals surface area contributed by atoms with Gasteiger partial charge in [0, 0.05) is 24.7 Å². The minimum Gasteiger partial charge on any atom is -0.352 e. The first-order valence-corrected chi connectivity index (χ1v) is 7.91. The second kappa shape index (κ2) is 7.57. The van der Waals surface area contributed by atoms with E-state index in [4.69, 9.17) is 5.73 Å². The molecule has 0 saturated carbocycles. The van der Waals surface area contributed by atoms with Gasteiger partial charge in [0.25, 0.3) is 5.91 Å². The number of nitrogens with two attached hydrogens (primary N) is 1. The Morgan fingerprint density at radius 3 is 2.67 bits per heavy atom. The number of nitrogens with zero attached hydrogens (tertiary/aromatic N) is 1. The lowest BCUT2D eigenvalue weighted by Crippen LogP contribution is -2.32. The Morgan fingerprint density at radius 2 is 2.10 bits per heavy atom. The molecular formula is C17H27N3O. The van der Waals surface area contributed by atoms with Crippen LogP contribution in [0.15, 0.2) is 24.3 Å². The number of hydrogen-bond acceptors (Lipinski definition) is 3. The summed E-state index contributed by atoms with van der Waals surface area (Å²) in [6.45, 7) is 8.10. The molecule has 1 heterocycles. The van der Waals surface area contributed by atoms with E-state index in [9.17, 15) is 4.79 Å². The Morgan fingerprint density at radius 1 is 1.38 bits per heavy atom. The highest BCUT2D eigenvalue weighted by Gasteiger charge is 2.24. The van der Waals surface area contributed by atoms with Crippen LogP contribution >= 0.6 is 0 Å². The summed E-state index contributed by atoms with van der Waals surface area (Å²) in [6, 6.07) is 8.33. The molecule has 0 radical (unpaired) electrons. The van der Waals surface area contributed by atoms with Gasteiger partial charge < -0.3 is 16.0 Å². The summed E-state index contributed by atoms with van der Waals surface area (Å²) < 4.78 is 0. The third-order valence-electron chi connectivity index (χ3n) is 4.25. The number of hydrogen-bond donors (Lipinski definition) is 2. The van der Waals surface area contributed by atoms with Crippen LogP contribution in [0.5, 0.6) is 0 Å². The van der Waals surface area contributed by atoms with Crippen LogP contribution in [0.4, 0.5) is 0 Å². The first-order valence-electron chi connectivity index (χ1n) is 7.91. The number of carbonyl (C=O) groups is 1. The topological polar surface area (TPSA) is 58.4 Å². The highest BCUT2D eigenvalue weighted by molar-refractivity contribution is 5.94. The zero-order valence-corrected chi connectivity index (χ0v) is 13.1.